The Morgan fingerprint density at radius 2 is 1.79 bits per heavy atom. The number of ether oxygens (including phenoxy) is 1. The number of methoxy groups -OCH3 is 1. The third kappa shape index (κ3) is 5.09. The molecule has 0 aliphatic heterocycles. The van der Waals surface area contributed by atoms with Crippen molar-refractivity contribution in [2.45, 2.75) is 32.5 Å². The Morgan fingerprint density at radius 3 is 2.37 bits per heavy atom. The van der Waals surface area contributed by atoms with Gasteiger partial charge in [-0.1, -0.05) is 30.3 Å². The first kappa shape index (κ1) is 15.2. The highest BCUT2D eigenvalue weighted by molar-refractivity contribution is 5.86. The highest BCUT2D eigenvalue weighted by Gasteiger charge is 2.19. The van der Waals surface area contributed by atoms with Crippen molar-refractivity contribution in [2.24, 2.45) is 0 Å². The SMILES string of the molecule is COC(=O)[C@H](C)NC(=O)[C@H](C)NCc1ccccc1. The standard InChI is InChI=1S/C14H20N2O3/c1-10(13(17)16-11(2)14(18)19-3)15-9-12-7-5-4-6-8-12/h4-8,10-11,15H,9H2,1-3H3,(H,16,17)/t10-,11-/m0/s1. The van der Waals surface area contributed by atoms with Gasteiger partial charge in [0.25, 0.3) is 0 Å². The normalized spacial score (nSPS) is 13.4. The van der Waals surface area contributed by atoms with E-state index in [0.717, 1.165) is 5.56 Å². The quantitative estimate of drug-likeness (QED) is 0.747. The van der Waals surface area contributed by atoms with Gasteiger partial charge in [0.1, 0.15) is 6.04 Å². The summed E-state index contributed by atoms with van der Waals surface area (Å²) >= 11 is 0. The fourth-order valence-corrected chi connectivity index (χ4v) is 1.53. The molecule has 2 atom stereocenters. The first-order valence-corrected chi connectivity index (χ1v) is 6.20. The maximum Gasteiger partial charge on any atom is 0.328 e. The van der Waals surface area contributed by atoms with E-state index in [9.17, 15) is 9.59 Å². The van der Waals surface area contributed by atoms with E-state index < -0.39 is 12.0 Å². The third-order valence-electron chi connectivity index (χ3n) is 2.76. The van der Waals surface area contributed by atoms with Crippen LogP contribution in [0.4, 0.5) is 0 Å². The summed E-state index contributed by atoms with van der Waals surface area (Å²) < 4.78 is 4.55. The Bertz CT molecular complexity index is 420. The Balaban J connectivity index is 2.39. The molecule has 0 aromatic heterocycles. The molecular weight excluding hydrogens is 244 g/mol. The van der Waals surface area contributed by atoms with Crippen LogP contribution in [0.15, 0.2) is 30.3 Å². The molecule has 5 nitrogen and oxygen atoms in total. The van der Waals surface area contributed by atoms with Gasteiger partial charge in [-0.2, -0.15) is 0 Å². The molecule has 1 rings (SSSR count). The monoisotopic (exact) mass is 264 g/mol. The predicted molar refractivity (Wildman–Crippen MR) is 72.4 cm³/mol. The number of nitrogens with one attached hydrogen (secondary N) is 2. The number of amides is 1. The van der Waals surface area contributed by atoms with E-state index >= 15 is 0 Å². The van der Waals surface area contributed by atoms with Crippen LogP contribution in [0.5, 0.6) is 0 Å². The Labute approximate surface area is 113 Å². The number of carbonyl (C=O) groups excluding carboxylic acids is 2. The van der Waals surface area contributed by atoms with Crippen molar-refractivity contribution in [1.82, 2.24) is 10.6 Å². The second kappa shape index (κ2) is 7.53. The lowest BCUT2D eigenvalue weighted by Crippen LogP contribution is -2.47. The molecule has 0 saturated carbocycles. The summed E-state index contributed by atoms with van der Waals surface area (Å²) in [6.07, 6.45) is 0. The lowest BCUT2D eigenvalue weighted by molar-refractivity contribution is -0.144. The molecular formula is C14H20N2O3. The minimum atomic E-state index is -0.640. The highest BCUT2D eigenvalue weighted by Crippen LogP contribution is 1.98. The molecule has 1 aromatic rings. The molecule has 0 aliphatic carbocycles. The average Bonchev–Trinajstić information content (AvgIpc) is 2.44. The molecule has 19 heavy (non-hydrogen) atoms. The number of hydrogen-bond acceptors (Lipinski definition) is 4. The molecule has 0 aliphatic rings. The molecule has 0 saturated heterocycles. The second-order valence-corrected chi connectivity index (χ2v) is 4.34. The zero-order chi connectivity index (χ0) is 14.3. The van der Waals surface area contributed by atoms with Gasteiger partial charge >= 0.3 is 5.97 Å². The number of hydrogen-bond donors (Lipinski definition) is 2. The van der Waals surface area contributed by atoms with Crippen LogP contribution >= 0.6 is 0 Å². The van der Waals surface area contributed by atoms with Crippen LogP contribution in [0.25, 0.3) is 0 Å². The molecule has 0 unspecified atom stereocenters. The van der Waals surface area contributed by atoms with Crippen LogP contribution < -0.4 is 10.6 Å². The lowest BCUT2D eigenvalue weighted by atomic mass is 10.2. The van der Waals surface area contributed by atoms with E-state index in [-0.39, 0.29) is 11.9 Å². The molecule has 0 bridgehead atoms. The third-order valence-corrected chi connectivity index (χ3v) is 2.76. The summed E-state index contributed by atoms with van der Waals surface area (Å²) in [4.78, 5) is 23.0. The van der Waals surface area contributed by atoms with Gasteiger partial charge in [-0.15, -0.1) is 0 Å². The highest BCUT2D eigenvalue weighted by atomic mass is 16.5. The maximum atomic E-state index is 11.8. The van der Waals surface area contributed by atoms with Crippen LogP contribution in [0.3, 0.4) is 0 Å². The minimum Gasteiger partial charge on any atom is -0.467 e. The summed E-state index contributed by atoms with van der Waals surface area (Å²) in [5, 5.41) is 5.69. The fraction of sp³-hybridized carbons (Fsp3) is 0.429. The van der Waals surface area contributed by atoms with Crippen molar-refractivity contribution in [2.75, 3.05) is 7.11 Å². The smallest absolute Gasteiger partial charge is 0.328 e. The summed E-state index contributed by atoms with van der Waals surface area (Å²) in [5.41, 5.74) is 1.10. The molecule has 1 aromatic carbocycles. The Kier molecular flexibility index (Phi) is 6.02. The molecule has 2 N–H and O–H groups in total. The molecule has 1 amide bonds. The van der Waals surface area contributed by atoms with Gasteiger partial charge in [0.05, 0.1) is 13.2 Å². The van der Waals surface area contributed by atoms with Gasteiger partial charge in [0.15, 0.2) is 0 Å². The molecule has 0 fully saturated rings. The van der Waals surface area contributed by atoms with Crippen LogP contribution in [0.2, 0.25) is 0 Å². The zero-order valence-corrected chi connectivity index (χ0v) is 11.5. The maximum absolute atomic E-state index is 11.8. The molecule has 0 spiro atoms. The largest absolute Gasteiger partial charge is 0.467 e. The van der Waals surface area contributed by atoms with Crippen molar-refractivity contribution in [3.05, 3.63) is 35.9 Å². The summed E-state index contributed by atoms with van der Waals surface area (Å²) in [7, 11) is 1.29. The number of carbonyl (C=O) groups is 2. The summed E-state index contributed by atoms with van der Waals surface area (Å²) in [6.45, 7) is 3.94. The first-order chi connectivity index (χ1) is 9.04. The average molecular weight is 264 g/mol. The van der Waals surface area contributed by atoms with Crippen molar-refractivity contribution in [3.63, 3.8) is 0 Å². The van der Waals surface area contributed by atoms with Crippen LogP contribution in [0.1, 0.15) is 19.4 Å². The van der Waals surface area contributed by atoms with Crippen molar-refractivity contribution in [3.8, 4) is 0 Å². The zero-order valence-electron chi connectivity index (χ0n) is 11.5. The number of rotatable bonds is 6. The number of esters is 1. The lowest BCUT2D eigenvalue weighted by Gasteiger charge is -2.17. The van der Waals surface area contributed by atoms with Crippen molar-refractivity contribution in [1.29, 1.82) is 0 Å². The topological polar surface area (TPSA) is 67.4 Å². The minimum absolute atomic E-state index is 0.228. The van der Waals surface area contributed by atoms with Gasteiger partial charge in [-0.25, -0.2) is 4.79 Å². The Hall–Kier alpha value is -1.88. The Morgan fingerprint density at radius 1 is 1.16 bits per heavy atom. The summed E-state index contributed by atoms with van der Waals surface area (Å²) in [5.74, 6) is -0.683. The first-order valence-electron chi connectivity index (χ1n) is 6.20. The molecule has 5 heteroatoms. The second-order valence-electron chi connectivity index (χ2n) is 4.34. The van der Waals surface area contributed by atoms with E-state index in [1.807, 2.05) is 30.3 Å². The fourth-order valence-electron chi connectivity index (χ4n) is 1.53. The van der Waals surface area contributed by atoms with E-state index in [1.54, 1.807) is 13.8 Å². The molecule has 104 valence electrons. The van der Waals surface area contributed by atoms with Crippen molar-refractivity contribution < 1.29 is 14.3 Å². The van der Waals surface area contributed by atoms with E-state index in [2.05, 4.69) is 15.4 Å². The molecule has 0 radical (unpaired) electrons. The van der Waals surface area contributed by atoms with Gasteiger partial charge in [0, 0.05) is 6.54 Å². The predicted octanol–water partition coefficient (Wildman–Crippen LogP) is 0.842. The van der Waals surface area contributed by atoms with Gasteiger partial charge < -0.3 is 15.4 Å². The van der Waals surface area contributed by atoms with E-state index in [4.69, 9.17) is 0 Å². The van der Waals surface area contributed by atoms with E-state index in [0.29, 0.717) is 6.54 Å². The van der Waals surface area contributed by atoms with E-state index in [1.165, 1.54) is 7.11 Å². The van der Waals surface area contributed by atoms with Crippen LogP contribution in [-0.4, -0.2) is 31.1 Å². The molecule has 0 heterocycles. The van der Waals surface area contributed by atoms with Gasteiger partial charge in [-0.3, -0.25) is 4.79 Å². The van der Waals surface area contributed by atoms with Crippen LogP contribution in [-0.2, 0) is 20.9 Å². The van der Waals surface area contributed by atoms with Gasteiger partial charge in [-0.05, 0) is 19.4 Å². The van der Waals surface area contributed by atoms with Crippen LogP contribution in [0, 0.1) is 0 Å². The van der Waals surface area contributed by atoms with Crippen molar-refractivity contribution >= 4 is 11.9 Å². The number of benzene rings is 1. The summed E-state index contributed by atoms with van der Waals surface area (Å²) in [6, 6.07) is 8.77. The van der Waals surface area contributed by atoms with Gasteiger partial charge in [0.2, 0.25) is 5.91 Å².